The predicted octanol–water partition coefficient (Wildman–Crippen LogP) is 6.20. The van der Waals surface area contributed by atoms with E-state index < -0.39 is 0 Å². The van der Waals surface area contributed by atoms with E-state index in [9.17, 15) is 4.79 Å². The van der Waals surface area contributed by atoms with Gasteiger partial charge in [-0.05, 0) is 22.9 Å². The third kappa shape index (κ3) is 1.68. The van der Waals surface area contributed by atoms with Crippen molar-refractivity contribution in [2.75, 3.05) is 0 Å². The van der Waals surface area contributed by atoms with Crippen molar-refractivity contribution in [3.8, 4) is 0 Å². The Bertz CT molecular complexity index is 1560. The molecule has 0 amide bonds. The average molecular weight is 351 g/mol. The number of hydrogen-bond donors (Lipinski definition) is 1. The first-order chi connectivity index (χ1) is 12.8. The van der Waals surface area contributed by atoms with Crippen LogP contribution < -0.4 is 5.56 Å². The zero-order valence-corrected chi connectivity index (χ0v) is 14.6. The van der Waals surface area contributed by atoms with Gasteiger partial charge in [-0.3, -0.25) is 4.79 Å². The lowest BCUT2D eigenvalue weighted by atomic mass is 9.96. The van der Waals surface area contributed by atoms with Gasteiger partial charge in [0.1, 0.15) is 0 Å². The Labute approximate surface area is 152 Å². The topological polar surface area (TPSA) is 32.9 Å². The average Bonchev–Trinajstić information content (AvgIpc) is 3.07. The zero-order chi connectivity index (χ0) is 17.3. The Morgan fingerprint density at radius 3 is 2.04 bits per heavy atom. The summed E-state index contributed by atoms with van der Waals surface area (Å²) in [5.74, 6) is 0. The molecule has 6 aromatic rings. The molecule has 0 atom stereocenters. The predicted molar refractivity (Wildman–Crippen MR) is 112 cm³/mol. The molecule has 0 aliphatic heterocycles. The van der Waals surface area contributed by atoms with Gasteiger partial charge in [0.15, 0.2) is 0 Å². The first-order valence-corrected chi connectivity index (χ1v) is 9.41. The van der Waals surface area contributed by atoms with E-state index >= 15 is 0 Å². The van der Waals surface area contributed by atoms with Gasteiger partial charge in [0, 0.05) is 36.5 Å². The van der Waals surface area contributed by atoms with Crippen molar-refractivity contribution < 1.29 is 0 Å². The van der Waals surface area contributed by atoms with Crippen LogP contribution in [0.4, 0.5) is 0 Å². The number of para-hydroxylation sites is 1. The Morgan fingerprint density at radius 1 is 0.615 bits per heavy atom. The third-order valence-electron chi connectivity index (χ3n) is 5.21. The lowest BCUT2D eigenvalue weighted by Crippen LogP contribution is -2.07. The monoisotopic (exact) mass is 351 g/mol. The van der Waals surface area contributed by atoms with Crippen LogP contribution in [0.2, 0.25) is 0 Å². The highest BCUT2D eigenvalue weighted by Gasteiger charge is 2.17. The van der Waals surface area contributed by atoms with Gasteiger partial charge in [-0.2, -0.15) is 0 Å². The second-order valence-corrected chi connectivity index (χ2v) is 7.65. The molecule has 0 fully saturated rings. The van der Waals surface area contributed by atoms with E-state index in [-0.39, 0.29) is 5.56 Å². The zero-order valence-electron chi connectivity index (χ0n) is 13.7. The number of rotatable bonds is 0. The molecular formula is C23H13NOS. The number of benzene rings is 4. The molecule has 3 heteroatoms. The minimum absolute atomic E-state index is 0.0192. The molecule has 0 radical (unpaired) electrons. The number of pyridine rings is 1. The van der Waals surface area contributed by atoms with Gasteiger partial charge in [0.2, 0.25) is 0 Å². The second kappa shape index (κ2) is 4.93. The molecule has 2 heterocycles. The number of aromatic amines is 1. The lowest BCUT2D eigenvalue weighted by Gasteiger charge is -2.09. The highest BCUT2D eigenvalue weighted by molar-refractivity contribution is 7.27. The van der Waals surface area contributed by atoms with Crippen LogP contribution in [0, 0.1) is 0 Å². The fraction of sp³-hybridized carbons (Fsp3) is 0. The Balaban J connectivity index is 2.12. The van der Waals surface area contributed by atoms with Gasteiger partial charge in [-0.25, -0.2) is 0 Å². The van der Waals surface area contributed by atoms with E-state index in [0.29, 0.717) is 0 Å². The summed E-state index contributed by atoms with van der Waals surface area (Å²) in [5, 5.41) is 7.64. The molecule has 4 aromatic carbocycles. The maximum Gasteiger partial charge on any atom is 0.256 e. The molecule has 122 valence electrons. The highest BCUT2D eigenvalue weighted by Crippen LogP contribution is 2.44. The van der Waals surface area contributed by atoms with E-state index in [4.69, 9.17) is 0 Å². The first kappa shape index (κ1) is 14.0. The first-order valence-electron chi connectivity index (χ1n) is 8.59. The fourth-order valence-electron chi connectivity index (χ4n) is 4.14. The van der Waals surface area contributed by atoms with Crippen LogP contribution in [0.1, 0.15) is 0 Å². The van der Waals surface area contributed by atoms with Gasteiger partial charge >= 0.3 is 0 Å². The van der Waals surface area contributed by atoms with Gasteiger partial charge in [-0.15, -0.1) is 11.3 Å². The number of thiophene rings is 1. The largest absolute Gasteiger partial charge is 0.321 e. The van der Waals surface area contributed by atoms with Crippen LogP contribution >= 0.6 is 11.3 Å². The smallest absolute Gasteiger partial charge is 0.256 e. The quantitative estimate of drug-likeness (QED) is 0.325. The molecule has 0 unspecified atom stereocenters. The summed E-state index contributed by atoms with van der Waals surface area (Å²) in [6.07, 6.45) is 0. The summed E-state index contributed by atoms with van der Waals surface area (Å²) >= 11 is 1.78. The molecule has 0 aliphatic carbocycles. The summed E-state index contributed by atoms with van der Waals surface area (Å²) in [6, 6.07) is 24.8. The van der Waals surface area contributed by atoms with Crippen LogP contribution in [-0.4, -0.2) is 4.98 Å². The van der Waals surface area contributed by atoms with Gasteiger partial charge < -0.3 is 4.98 Å². The van der Waals surface area contributed by atoms with Crippen molar-refractivity contribution in [1.29, 1.82) is 0 Å². The molecule has 6 rings (SSSR count). The minimum atomic E-state index is -0.0192. The maximum absolute atomic E-state index is 13.0. The summed E-state index contributed by atoms with van der Waals surface area (Å²) in [4.78, 5) is 16.1. The van der Waals surface area contributed by atoms with Crippen molar-refractivity contribution in [2.24, 2.45) is 0 Å². The van der Waals surface area contributed by atoms with Crippen molar-refractivity contribution >= 4 is 64.0 Å². The third-order valence-corrected chi connectivity index (χ3v) is 6.40. The SMILES string of the molecule is O=c1[nH]c2ccccc2c2c3sc4ccccc4c3c3ccccc3c12. The summed E-state index contributed by atoms with van der Waals surface area (Å²) in [5.41, 5.74) is 0.869. The molecule has 26 heavy (non-hydrogen) atoms. The van der Waals surface area contributed by atoms with Crippen molar-refractivity contribution in [1.82, 2.24) is 4.98 Å². The van der Waals surface area contributed by atoms with Gasteiger partial charge in [-0.1, -0.05) is 60.7 Å². The van der Waals surface area contributed by atoms with Crippen LogP contribution in [0.15, 0.2) is 77.6 Å². The highest BCUT2D eigenvalue weighted by atomic mass is 32.1. The minimum Gasteiger partial charge on any atom is -0.321 e. The molecule has 0 bridgehead atoms. The second-order valence-electron chi connectivity index (χ2n) is 6.60. The van der Waals surface area contributed by atoms with Crippen LogP contribution in [0.5, 0.6) is 0 Å². The van der Waals surface area contributed by atoms with Crippen molar-refractivity contribution in [3.63, 3.8) is 0 Å². The molecule has 0 aliphatic rings. The Morgan fingerprint density at radius 2 is 1.23 bits per heavy atom. The van der Waals surface area contributed by atoms with Crippen LogP contribution in [0.25, 0.3) is 52.6 Å². The number of H-pyrrole nitrogens is 1. The molecule has 0 saturated heterocycles. The normalized spacial score (nSPS) is 12.0. The van der Waals surface area contributed by atoms with E-state index in [2.05, 4.69) is 53.5 Å². The summed E-state index contributed by atoms with van der Waals surface area (Å²) in [6.45, 7) is 0. The number of fused-ring (bicyclic) bond motifs is 10. The number of nitrogens with one attached hydrogen (secondary N) is 1. The molecular weight excluding hydrogens is 338 g/mol. The lowest BCUT2D eigenvalue weighted by molar-refractivity contribution is 1.35. The number of hydrogen-bond acceptors (Lipinski definition) is 2. The summed E-state index contributed by atoms with van der Waals surface area (Å²) < 4.78 is 2.45. The maximum atomic E-state index is 13.0. The molecule has 0 saturated carbocycles. The van der Waals surface area contributed by atoms with Crippen molar-refractivity contribution in [2.45, 2.75) is 0 Å². The van der Waals surface area contributed by atoms with Crippen molar-refractivity contribution in [3.05, 3.63) is 83.2 Å². The van der Waals surface area contributed by atoms with Gasteiger partial charge in [0.25, 0.3) is 5.56 Å². The number of aromatic nitrogens is 1. The van der Waals surface area contributed by atoms with E-state index in [0.717, 1.165) is 32.4 Å². The van der Waals surface area contributed by atoms with Crippen LogP contribution in [0.3, 0.4) is 0 Å². The van der Waals surface area contributed by atoms with E-state index in [1.165, 1.54) is 20.2 Å². The molecule has 2 nitrogen and oxygen atoms in total. The standard InChI is InChI=1S/C23H13NOS/c25-23-21-14-8-2-1-7-13(14)19-16-10-4-6-12-18(16)26-22(19)20(21)15-9-3-5-11-17(15)24-23/h1-12H,(H,24,25). The Kier molecular flexibility index (Phi) is 2.66. The van der Waals surface area contributed by atoms with Crippen LogP contribution in [-0.2, 0) is 0 Å². The fourth-order valence-corrected chi connectivity index (χ4v) is 5.43. The summed E-state index contributed by atoms with van der Waals surface area (Å²) in [7, 11) is 0. The molecule has 2 aromatic heterocycles. The van der Waals surface area contributed by atoms with E-state index in [1.807, 2.05) is 24.3 Å². The molecule has 0 spiro atoms. The van der Waals surface area contributed by atoms with E-state index in [1.54, 1.807) is 11.3 Å². The van der Waals surface area contributed by atoms with Gasteiger partial charge in [0.05, 0.1) is 5.39 Å². The Hall–Kier alpha value is -3.17. The molecule has 1 N–H and O–H groups in total.